The van der Waals surface area contributed by atoms with E-state index in [4.69, 9.17) is 11.6 Å². The lowest BCUT2D eigenvalue weighted by molar-refractivity contribution is 0.0608. The van der Waals surface area contributed by atoms with E-state index in [1.54, 1.807) is 0 Å². The van der Waals surface area contributed by atoms with E-state index in [1.165, 1.54) is 36.0 Å². The van der Waals surface area contributed by atoms with Crippen LogP contribution in [0.2, 0.25) is 5.02 Å². The Balaban J connectivity index is 1.71. The van der Waals surface area contributed by atoms with Gasteiger partial charge >= 0.3 is 0 Å². The van der Waals surface area contributed by atoms with E-state index in [-0.39, 0.29) is 0 Å². The average molecular weight is 301 g/mol. The van der Waals surface area contributed by atoms with Gasteiger partial charge in [-0.05, 0) is 60.6 Å². The van der Waals surface area contributed by atoms with Crippen molar-refractivity contribution in [3.05, 3.63) is 69.7 Å². The Morgan fingerprint density at radius 1 is 0.952 bits per heavy atom. The number of benzene rings is 2. The predicted molar refractivity (Wildman–Crippen MR) is 88.0 cm³/mol. The minimum atomic E-state index is -0.735. The second kappa shape index (κ2) is 5.82. The van der Waals surface area contributed by atoms with E-state index in [0.29, 0.717) is 12.8 Å². The van der Waals surface area contributed by atoms with Crippen LogP contribution in [0.3, 0.4) is 0 Å². The fraction of sp³-hybridized carbons (Fsp3) is 0.368. The third-order valence-electron chi connectivity index (χ3n) is 4.25. The van der Waals surface area contributed by atoms with E-state index < -0.39 is 5.60 Å². The van der Waals surface area contributed by atoms with Crippen LogP contribution in [0.1, 0.15) is 35.6 Å². The number of hydrogen-bond acceptors (Lipinski definition) is 1. The number of fused-ring (bicyclic) bond motifs is 1. The van der Waals surface area contributed by atoms with Crippen LogP contribution in [0.25, 0.3) is 0 Å². The van der Waals surface area contributed by atoms with Gasteiger partial charge in [0.05, 0.1) is 5.60 Å². The zero-order valence-corrected chi connectivity index (χ0v) is 13.2. The van der Waals surface area contributed by atoms with Crippen molar-refractivity contribution in [3.8, 4) is 0 Å². The normalized spacial score (nSPS) is 16.5. The molecule has 0 radical (unpaired) electrons. The molecule has 110 valence electrons. The Morgan fingerprint density at radius 2 is 1.57 bits per heavy atom. The first-order chi connectivity index (χ1) is 10.0. The van der Waals surface area contributed by atoms with Crippen molar-refractivity contribution in [2.45, 2.75) is 44.6 Å². The first kappa shape index (κ1) is 14.6. The summed E-state index contributed by atoms with van der Waals surface area (Å²) >= 11 is 5.90. The molecule has 0 fully saturated rings. The molecule has 0 saturated heterocycles. The van der Waals surface area contributed by atoms with Gasteiger partial charge in [0.2, 0.25) is 0 Å². The van der Waals surface area contributed by atoms with Crippen molar-refractivity contribution in [1.29, 1.82) is 0 Å². The highest BCUT2D eigenvalue weighted by atomic mass is 35.5. The summed E-state index contributed by atoms with van der Waals surface area (Å²) in [6.45, 7) is 1.91. The summed E-state index contributed by atoms with van der Waals surface area (Å²) in [5.74, 6) is 0. The Bertz CT molecular complexity index is 629. The molecule has 1 nitrogen and oxygen atoms in total. The van der Waals surface area contributed by atoms with Gasteiger partial charge in [-0.1, -0.05) is 41.9 Å². The molecular formula is C19H21ClO. The fourth-order valence-electron chi connectivity index (χ4n) is 3.28. The lowest BCUT2D eigenvalue weighted by atomic mass is 9.89. The molecule has 2 aromatic carbocycles. The first-order valence-electron chi connectivity index (χ1n) is 7.59. The molecule has 1 N–H and O–H groups in total. The molecule has 0 amide bonds. The Morgan fingerprint density at radius 3 is 2.33 bits per heavy atom. The standard InChI is InChI=1S/C19H21ClO/c1-19(21,12-14-6-9-18(20)10-7-14)13-15-5-8-16-3-2-4-17(16)11-15/h5-11,21H,2-4,12-13H2,1H3. The summed E-state index contributed by atoms with van der Waals surface area (Å²) in [6.07, 6.45) is 4.98. The lowest BCUT2D eigenvalue weighted by Gasteiger charge is -2.24. The minimum Gasteiger partial charge on any atom is -0.389 e. The quantitative estimate of drug-likeness (QED) is 0.889. The lowest BCUT2D eigenvalue weighted by Crippen LogP contribution is -2.30. The van der Waals surface area contributed by atoms with Crippen molar-refractivity contribution in [2.24, 2.45) is 0 Å². The van der Waals surface area contributed by atoms with Crippen LogP contribution in [0.15, 0.2) is 42.5 Å². The molecule has 2 aromatic rings. The van der Waals surface area contributed by atoms with Gasteiger partial charge < -0.3 is 5.11 Å². The van der Waals surface area contributed by atoms with Gasteiger partial charge in [0.15, 0.2) is 0 Å². The third kappa shape index (κ3) is 3.66. The van der Waals surface area contributed by atoms with Crippen molar-refractivity contribution in [2.75, 3.05) is 0 Å². The van der Waals surface area contributed by atoms with Crippen LogP contribution < -0.4 is 0 Å². The van der Waals surface area contributed by atoms with E-state index in [2.05, 4.69) is 18.2 Å². The second-order valence-electron chi connectivity index (χ2n) is 6.43. The SMILES string of the molecule is CC(O)(Cc1ccc(Cl)cc1)Cc1ccc2c(c1)CCC2. The maximum absolute atomic E-state index is 10.7. The minimum absolute atomic E-state index is 0.640. The summed E-state index contributed by atoms with van der Waals surface area (Å²) in [5, 5.41) is 11.4. The van der Waals surface area contributed by atoms with Crippen molar-refractivity contribution in [1.82, 2.24) is 0 Å². The number of aryl methyl sites for hydroxylation is 2. The Labute approximate surface area is 131 Å². The smallest absolute Gasteiger partial charge is 0.0700 e. The van der Waals surface area contributed by atoms with Gasteiger partial charge in [-0.2, -0.15) is 0 Å². The molecule has 2 heteroatoms. The molecule has 3 rings (SSSR count). The average Bonchev–Trinajstić information content (AvgIpc) is 2.88. The number of hydrogen-bond donors (Lipinski definition) is 1. The summed E-state index contributed by atoms with van der Waals surface area (Å²) in [5.41, 5.74) is 4.56. The Hall–Kier alpha value is -1.31. The van der Waals surface area contributed by atoms with Crippen LogP contribution in [0.5, 0.6) is 0 Å². The van der Waals surface area contributed by atoms with Gasteiger partial charge in [0.1, 0.15) is 0 Å². The van der Waals surface area contributed by atoms with Gasteiger partial charge in [0, 0.05) is 17.9 Å². The highest BCUT2D eigenvalue weighted by Gasteiger charge is 2.22. The molecule has 0 aliphatic heterocycles. The number of rotatable bonds is 4. The van der Waals surface area contributed by atoms with Gasteiger partial charge in [-0.15, -0.1) is 0 Å². The second-order valence-corrected chi connectivity index (χ2v) is 6.87. The van der Waals surface area contributed by atoms with Gasteiger partial charge in [-0.25, -0.2) is 0 Å². The molecule has 1 unspecified atom stereocenters. The van der Waals surface area contributed by atoms with E-state index in [9.17, 15) is 5.11 Å². The maximum atomic E-state index is 10.7. The molecule has 1 aliphatic rings. The van der Waals surface area contributed by atoms with Crippen molar-refractivity contribution >= 4 is 11.6 Å². The zero-order chi connectivity index (χ0) is 14.9. The van der Waals surface area contributed by atoms with Crippen LogP contribution in [-0.4, -0.2) is 10.7 Å². The fourth-order valence-corrected chi connectivity index (χ4v) is 3.41. The third-order valence-corrected chi connectivity index (χ3v) is 4.50. The van der Waals surface area contributed by atoms with E-state index in [0.717, 1.165) is 10.6 Å². The van der Waals surface area contributed by atoms with Gasteiger partial charge in [0.25, 0.3) is 0 Å². The molecule has 0 saturated carbocycles. The molecular weight excluding hydrogens is 280 g/mol. The highest BCUT2D eigenvalue weighted by Crippen LogP contribution is 2.26. The Kier molecular flexibility index (Phi) is 4.05. The molecule has 0 spiro atoms. The summed E-state index contributed by atoms with van der Waals surface area (Å²) in [4.78, 5) is 0. The van der Waals surface area contributed by atoms with Crippen LogP contribution in [-0.2, 0) is 25.7 Å². The molecule has 0 aromatic heterocycles. The molecule has 0 heterocycles. The first-order valence-corrected chi connectivity index (χ1v) is 7.97. The summed E-state index contributed by atoms with van der Waals surface area (Å²) < 4.78 is 0. The maximum Gasteiger partial charge on any atom is 0.0700 e. The van der Waals surface area contributed by atoms with Crippen molar-refractivity contribution < 1.29 is 5.11 Å². The van der Waals surface area contributed by atoms with Crippen LogP contribution in [0.4, 0.5) is 0 Å². The van der Waals surface area contributed by atoms with Gasteiger partial charge in [-0.3, -0.25) is 0 Å². The number of halogens is 1. The summed E-state index contributed by atoms with van der Waals surface area (Å²) in [7, 11) is 0. The summed E-state index contributed by atoms with van der Waals surface area (Å²) in [6, 6.07) is 14.4. The monoisotopic (exact) mass is 300 g/mol. The van der Waals surface area contributed by atoms with Crippen molar-refractivity contribution in [3.63, 3.8) is 0 Å². The van der Waals surface area contributed by atoms with Crippen LogP contribution >= 0.6 is 11.6 Å². The number of aliphatic hydroxyl groups is 1. The topological polar surface area (TPSA) is 20.2 Å². The van der Waals surface area contributed by atoms with Crippen LogP contribution in [0, 0.1) is 0 Å². The predicted octanol–water partition coefficient (Wildman–Crippen LogP) is 4.36. The molecule has 21 heavy (non-hydrogen) atoms. The molecule has 1 atom stereocenters. The highest BCUT2D eigenvalue weighted by molar-refractivity contribution is 6.30. The molecule has 1 aliphatic carbocycles. The largest absolute Gasteiger partial charge is 0.389 e. The van der Waals surface area contributed by atoms with E-state index >= 15 is 0 Å². The van der Waals surface area contributed by atoms with E-state index in [1.807, 2.05) is 31.2 Å². The zero-order valence-electron chi connectivity index (χ0n) is 12.4. The molecule has 0 bridgehead atoms.